The molecule has 0 amide bonds. The molecule has 1 aromatic rings. The first-order valence-electron chi connectivity index (χ1n) is 8.60. The van der Waals surface area contributed by atoms with Crippen LogP contribution in [0.25, 0.3) is 0 Å². The van der Waals surface area contributed by atoms with Crippen LogP contribution in [0.4, 0.5) is 5.69 Å². The molecule has 1 aromatic carbocycles. The molecule has 0 aromatic heterocycles. The van der Waals surface area contributed by atoms with Gasteiger partial charge in [-0.1, -0.05) is 37.4 Å². The first kappa shape index (κ1) is 13.9. The van der Waals surface area contributed by atoms with Gasteiger partial charge in [-0.25, -0.2) is 0 Å². The zero-order chi connectivity index (χ0) is 14.4. The fraction of sp³-hybridized carbons (Fsp3) is 0.667. The monoisotopic (exact) mass is 304 g/mol. The molecule has 2 aliphatic heterocycles. The standard InChI is InChI=1S/C18H25ClN2/c1-2-20-10-9-15-16(19)8-7-14-13-5-3-4-6-17(13)21(12-11-20)18(14)15/h7-8,13,17H,2-6,9-12H2,1H3. The molecule has 2 unspecified atom stereocenters. The molecule has 4 rings (SSSR count). The van der Waals surface area contributed by atoms with Crippen LogP contribution in [-0.2, 0) is 6.42 Å². The Morgan fingerprint density at radius 1 is 1.14 bits per heavy atom. The third-order valence-corrected chi connectivity index (χ3v) is 6.21. The maximum Gasteiger partial charge on any atom is 0.0459 e. The molecule has 21 heavy (non-hydrogen) atoms. The number of hydrogen-bond donors (Lipinski definition) is 0. The summed E-state index contributed by atoms with van der Waals surface area (Å²) >= 11 is 6.58. The molecule has 2 nitrogen and oxygen atoms in total. The van der Waals surface area contributed by atoms with Crippen molar-refractivity contribution in [2.75, 3.05) is 31.1 Å². The van der Waals surface area contributed by atoms with E-state index in [1.165, 1.54) is 50.0 Å². The lowest BCUT2D eigenvalue weighted by atomic mass is 9.82. The summed E-state index contributed by atoms with van der Waals surface area (Å²) in [4.78, 5) is 5.30. The SMILES string of the molecule is CCN1CCc2c(Cl)ccc3c2N(CC1)C1CCCCC31. The predicted molar refractivity (Wildman–Crippen MR) is 89.6 cm³/mol. The number of anilines is 1. The van der Waals surface area contributed by atoms with Crippen LogP contribution in [0.3, 0.4) is 0 Å². The van der Waals surface area contributed by atoms with E-state index in [1.807, 2.05) is 0 Å². The van der Waals surface area contributed by atoms with Crippen molar-refractivity contribution in [3.63, 3.8) is 0 Å². The van der Waals surface area contributed by atoms with E-state index in [0.717, 1.165) is 36.5 Å². The zero-order valence-electron chi connectivity index (χ0n) is 12.9. The lowest BCUT2D eigenvalue weighted by Crippen LogP contribution is -2.43. The van der Waals surface area contributed by atoms with E-state index in [1.54, 1.807) is 5.56 Å². The summed E-state index contributed by atoms with van der Waals surface area (Å²) in [5, 5.41) is 0.982. The number of likely N-dealkylation sites (N-methyl/N-ethyl adjacent to an activating group) is 1. The molecule has 0 radical (unpaired) electrons. The zero-order valence-corrected chi connectivity index (χ0v) is 13.7. The minimum atomic E-state index is 0.739. The lowest BCUT2D eigenvalue weighted by molar-refractivity contribution is 0.285. The third kappa shape index (κ3) is 2.19. The van der Waals surface area contributed by atoms with Crippen LogP contribution >= 0.6 is 11.6 Å². The van der Waals surface area contributed by atoms with Crippen LogP contribution in [-0.4, -0.2) is 37.1 Å². The molecule has 1 aliphatic carbocycles. The second kappa shape index (κ2) is 5.48. The molecule has 114 valence electrons. The van der Waals surface area contributed by atoms with E-state index in [0.29, 0.717) is 0 Å². The van der Waals surface area contributed by atoms with Crippen molar-refractivity contribution < 1.29 is 0 Å². The maximum atomic E-state index is 6.58. The molecule has 0 spiro atoms. The van der Waals surface area contributed by atoms with Gasteiger partial charge in [0.25, 0.3) is 0 Å². The second-order valence-corrected chi connectivity index (χ2v) is 7.21. The Kier molecular flexibility index (Phi) is 3.63. The van der Waals surface area contributed by atoms with Gasteiger partial charge in [0.1, 0.15) is 0 Å². The van der Waals surface area contributed by atoms with E-state index in [4.69, 9.17) is 11.6 Å². The Morgan fingerprint density at radius 2 is 2.00 bits per heavy atom. The van der Waals surface area contributed by atoms with Crippen molar-refractivity contribution in [2.24, 2.45) is 0 Å². The Morgan fingerprint density at radius 3 is 2.86 bits per heavy atom. The highest BCUT2D eigenvalue weighted by Crippen LogP contribution is 2.50. The molecule has 2 atom stereocenters. The van der Waals surface area contributed by atoms with Crippen molar-refractivity contribution in [1.82, 2.24) is 4.90 Å². The Labute approximate surface area is 133 Å². The summed E-state index contributed by atoms with van der Waals surface area (Å²) in [5.74, 6) is 0.762. The van der Waals surface area contributed by atoms with Gasteiger partial charge in [0, 0.05) is 42.3 Å². The van der Waals surface area contributed by atoms with Crippen molar-refractivity contribution in [1.29, 1.82) is 0 Å². The third-order valence-electron chi connectivity index (χ3n) is 5.86. The average molecular weight is 305 g/mol. The highest BCUT2D eigenvalue weighted by molar-refractivity contribution is 6.31. The molecule has 3 aliphatic rings. The Bertz CT molecular complexity index is 542. The average Bonchev–Trinajstić information content (AvgIpc) is 2.80. The van der Waals surface area contributed by atoms with Crippen molar-refractivity contribution in [2.45, 2.75) is 51.0 Å². The fourth-order valence-corrected chi connectivity index (χ4v) is 4.99. The number of nitrogens with zero attached hydrogens (tertiary/aromatic N) is 2. The van der Waals surface area contributed by atoms with Gasteiger partial charge in [-0.05, 0) is 43.0 Å². The van der Waals surface area contributed by atoms with Gasteiger partial charge in [-0.2, -0.15) is 0 Å². The largest absolute Gasteiger partial charge is 0.366 e. The van der Waals surface area contributed by atoms with Crippen molar-refractivity contribution in [3.05, 3.63) is 28.3 Å². The molecule has 0 N–H and O–H groups in total. The molecule has 0 bridgehead atoms. The number of rotatable bonds is 1. The first-order valence-corrected chi connectivity index (χ1v) is 8.97. The van der Waals surface area contributed by atoms with E-state index < -0.39 is 0 Å². The number of fused-ring (bicyclic) bond motifs is 3. The van der Waals surface area contributed by atoms with E-state index in [9.17, 15) is 0 Å². The predicted octanol–water partition coefficient (Wildman–Crippen LogP) is 4.06. The smallest absolute Gasteiger partial charge is 0.0459 e. The number of benzene rings is 1. The molecule has 3 heteroatoms. The van der Waals surface area contributed by atoms with Gasteiger partial charge < -0.3 is 9.80 Å². The summed E-state index contributed by atoms with van der Waals surface area (Å²) < 4.78 is 0. The second-order valence-electron chi connectivity index (χ2n) is 6.80. The molecule has 1 fully saturated rings. The molecular weight excluding hydrogens is 280 g/mol. The molecule has 0 saturated heterocycles. The number of hydrogen-bond acceptors (Lipinski definition) is 2. The number of halogens is 1. The summed E-state index contributed by atoms with van der Waals surface area (Å²) in [6, 6.07) is 5.22. The highest BCUT2D eigenvalue weighted by Gasteiger charge is 2.41. The normalized spacial score (nSPS) is 28.8. The Hall–Kier alpha value is -0.730. The molecule has 1 saturated carbocycles. The van der Waals surface area contributed by atoms with Gasteiger partial charge in [0.2, 0.25) is 0 Å². The minimum absolute atomic E-state index is 0.739. The molecule has 2 heterocycles. The fourth-order valence-electron chi connectivity index (χ4n) is 4.74. The topological polar surface area (TPSA) is 6.48 Å². The Balaban J connectivity index is 1.80. The van der Waals surface area contributed by atoms with Crippen LogP contribution < -0.4 is 4.90 Å². The van der Waals surface area contributed by atoms with Crippen LogP contribution in [0.1, 0.15) is 49.7 Å². The van der Waals surface area contributed by atoms with Gasteiger partial charge >= 0.3 is 0 Å². The summed E-state index contributed by atoms with van der Waals surface area (Å²) in [6.45, 7) is 6.94. The summed E-state index contributed by atoms with van der Waals surface area (Å²) in [6.07, 6.45) is 6.63. The van der Waals surface area contributed by atoms with Crippen molar-refractivity contribution >= 4 is 17.3 Å². The van der Waals surface area contributed by atoms with E-state index in [2.05, 4.69) is 28.9 Å². The van der Waals surface area contributed by atoms with Crippen LogP contribution in [0.5, 0.6) is 0 Å². The van der Waals surface area contributed by atoms with Gasteiger partial charge in [-0.3, -0.25) is 0 Å². The van der Waals surface area contributed by atoms with Gasteiger partial charge in [-0.15, -0.1) is 0 Å². The minimum Gasteiger partial charge on any atom is -0.366 e. The highest BCUT2D eigenvalue weighted by atomic mass is 35.5. The lowest BCUT2D eigenvalue weighted by Gasteiger charge is -2.37. The molecular formula is C18H25ClN2. The first-order chi connectivity index (χ1) is 10.3. The van der Waals surface area contributed by atoms with Crippen LogP contribution in [0.2, 0.25) is 5.02 Å². The van der Waals surface area contributed by atoms with Gasteiger partial charge in [0.05, 0.1) is 0 Å². The summed E-state index contributed by atoms with van der Waals surface area (Å²) in [5.41, 5.74) is 4.54. The van der Waals surface area contributed by atoms with E-state index in [-0.39, 0.29) is 0 Å². The van der Waals surface area contributed by atoms with Crippen LogP contribution in [0.15, 0.2) is 12.1 Å². The van der Waals surface area contributed by atoms with Crippen molar-refractivity contribution in [3.8, 4) is 0 Å². The van der Waals surface area contributed by atoms with Gasteiger partial charge in [0.15, 0.2) is 0 Å². The quantitative estimate of drug-likeness (QED) is 0.772. The van der Waals surface area contributed by atoms with Crippen LogP contribution in [0, 0.1) is 0 Å². The van der Waals surface area contributed by atoms with E-state index >= 15 is 0 Å². The maximum absolute atomic E-state index is 6.58. The summed E-state index contributed by atoms with van der Waals surface area (Å²) in [7, 11) is 0.